The van der Waals surface area contributed by atoms with Crippen molar-refractivity contribution in [1.29, 1.82) is 0 Å². The predicted octanol–water partition coefficient (Wildman–Crippen LogP) is 4.02. The Bertz CT molecular complexity index is 1280. The SMILES string of the molecule is COC(=O)[C@@H](C)Oc1ccccc1NC(=O)[C@@H](C)Oc1ccccc1NC(=O)[C@@H](C)Oc1ccccc1N. The molecule has 0 aliphatic carbocycles. The molecule has 2 amide bonds. The third-order valence-corrected chi connectivity index (χ3v) is 5.39. The summed E-state index contributed by atoms with van der Waals surface area (Å²) in [6.45, 7) is 4.71. The fourth-order valence-corrected chi connectivity index (χ4v) is 3.29. The number of ether oxygens (including phenoxy) is 4. The summed E-state index contributed by atoms with van der Waals surface area (Å²) in [6, 6.07) is 20.3. The summed E-state index contributed by atoms with van der Waals surface area (Å²) in [4.78, 5) is 37.4. The largest absolute Gasteiger partial charge is 0.479 e. The lowest BCUT2D eigenvalue weighted by atomic mass is 10.2. The van der Waals surface area contributed by atoms with Gasteiger partial charge < -0.3 is 35.3 Å². The van der Waals surface area contributed by atoms with Crippen LogP contribution in [0.5, 0.6) is 17.2 Å². The van der Waals surface area contributed by atoms with Gasteiger partial charge in [-0.1, -0.05) is 36.4 Å². The van der Waals surface area contributed by atoms with Gasteiger partial charge in [0, 0.05) is 0 Å². The molecule has 10 heteroatoms. The third-order valence-electron chi connectivity index (χ3n) is 5.39. The van der Waals surface area contributed by atoms with E-state index in [-0.39, 0.29) is 0 Å². The Morgan fingerprint density at radius 2 is 1.03 bits per heavy atom. The van der Waals surface area contributed by atoms with E-state index in [9.17, 15) is 14.4 Å². The number of para-hydroxylation sites is 6. The lowest BCUT2D eigenvalue weighted by molar-refractivity contribution is -0.147. The molecule has 0 aromatic heterocycles. The molecule has 3 rings (SSSR count). The molecule has 3 atom stereocenters. The van der Waals surface area contributed by atoms with E-state index in [0.717, 1.165) is 0 Å². The molecule has 0 aliphatic rings. The van der Waals surface area contributed by atoms with E-state index in [1.807, 2.05) is 0 Å². The lowest BCUT2D eigenvalue weighted by Gasteiger charge is -2.20. The minimum absolute atomic E-state index is 0.291. The summed E-state index contributed by atoms with van der Waals surface area (Å²) < 4.78 is 21.9. The van der Waals surface area contributed by atoms with Crippen molar-refractivity contribution >= 4 is 34.8 Å². The van der Waals surface area contributed by atoms with E-state index in [2.05, 4.69) is 15.4 Å². The maximum atomic E-state index is 12.9. The van der Waals surface area contributed by atoms with Gasteiger partial charge in [-0.05, 0) is 57.2 Å². The number of hydrogen-bond acceptors (Lipinski definition) is 8. The molecule has 0 saturated heterocycles. The van der Waals surface area contributed by atoms with Gasteiger partial charge in [-0.15, -0.1) is 0 Å². The maximum Gasteiger partial charge on any atom is 0.346 e. The van der Waals surface area contributed by atoms with Gasteiger partial charge in [0.05, 0.1) is 24.2 Å². The van der Waals surface area contributed by atoms with Crippen LogP contribution in [0.2, 0.25) is 0 Å². The number of carbonyl (C=O) groups is 3. The maximum absolute atomic E-state index is 12.9. The van der Waals surface area contributed by atoms with Crippen molar-refractivity contribution in [3.05, 3.63) is 72.8 Å². The monoisotopic (exact) mass is 521 g/mol. The van der Waals surface area contributed by atoms with Gasteiger partial charge in [0.2, 0.25) is 0 Å². The van der Waals surface area contributed by atoms with Crippen molar-refractivity contribution in [2.75, 3.05) is 23.5 Å². The molecule has 38 heavy (non-hydrogen) atoms. The normalized spacial score (nSPS) is 12.8. The number of esters is 1. The average Bonchev–Trinajstić information content (AvgIpc) is 2.91. The van der Waals surface area contributed by atoms with E-state index in [4.69, 9.17) is 19.9 Å². The first kappa shape index (κ1) is 27.9. The van der Waals surface area contributed by atoms with Gasteiger partial charge in [-0.3, -0.25) is 9.59 Å². The zero-order valence-corrected chi connectivity index (χ0v) is 21.6. The molecule has 4 N–H and O–H groups in total. The molecular formula is C28H31N3O7. The molecule has 200 valence electrons. The standard InChI is InChI=1S/C28H31N3O7/c1-17(36-23-14-8-5-11-20(23)29)26(32)30-21-12-6-9-15-24(21)37-18(2)27(33)31-22-13-7-10-16-25(22)38-19(3)28(34)35-4/h5-19H,29H2,1-4H3,(H,30,32)(H,31,33)/t17-,18-,19-/m1/s1. The van der Waals surface area contributed by atoms with Crippen LogP contribution in [-0.4, -0.2) is 43.2 Å². The van der Waals surface area contributed by atoms with Crippen molar-refractivity contribution in [1.82, 2.24) is 0 Å². The minimum atomic E-state index is -0.947. The molecule has 3 aromatic rings. The second kappa shape index (κ2) is 13.0. The van der Waals surface area contributed by atoms with Crippen LogP contribution >= 0.6 is 0 Å². The van der Waals surface area contributed by atoms with E-state index in [1.165, 1.54) is 7.11 Å². The number of benzene rings is 3. The molecule has 0 fully saturated rings. The van der Waals surface area contributed by atoms with Gasteiger partial charge in [0.15, 0.2) is 18.3 Å². The first-order valence-electron chi connectivity index (χ1n) is 11.9. The quantitative estimate of drug-likeness (QED) is 0.254. The van der Waals surface area contributed by atoms with Crippen LogP contribution in [0.15, 0.2) is 72.8 Å². The van der Waals surface area contributed by atoms with Crippen LogP contribution in [0.25, 0.3) is 0 Å². The van der Waals surface area contributed by atoms with Gasteiger partial charge >= 0.3 is 5.97 Å². The first-order valence-corrected chi connectivity index (χ1v) is 11.9. The zero-order chi connectivity index (χ0) is 27.7. The Morgan fingerprint density at radius 1 is 0.632 bits per heavy atom. The number of rotatable bonds is 11. The average molecular weight is 522 g/mol. The van der Waals surface area contributed by atoms with Crippen molar-refractivity contribution in [2.24, 2.45) is 0 Å². The number of carbonyl (C=O) groups excluding carboxylic acids is 3. The van der Waals surface area contributed by atoms with Crippen LogP contribution in [0.1, 0.15) is 20.8 Å². The highest BCUT2D eigenvalue weighted by molar-refractivity contribution is 5.97. The summed E-state index contributed by atoms with van der Waals surface area (Å²) in [7, 11) is 1.27. The van der Waals surface area contributed by atoms with Crippen LogP contribution in [0, 0.1) is 0 Å². The summed E-state index contributed by atoms with van der Waals surface area (Å²) >= 11 is 0. The number of nitrogens with two attached hydrogens (primary N) is 1. The fourth-order valence-electron chi connectivity index (χ4n) is 3.29. The smallest absolute Gasteiger partial charge is 0.346 e. The Balaban J connectivity index is 1.65. The van der Waals surface area contributed by atoms with E-state index >= 15 is 0 Å². The topological polar surface area (TPSA) is 138 Å². The first-order chi connectivity index (χ1) is 18.2. The number of nitrogen functional groups attached to an aromatic ring is 1. The second-order valence-corrected chi connectivity index (χ2v) is 8.31. The number of amides is 2. The van der Waals surface area contributed by atoms with Crippen molar-refractivity contribution in [2.45, 2.75) is 39.1 Å². The Hall–Kier alpha value is -4.73. The second-order valence-electron chi connectivity index (χ2n) is 8.31. The van der Waals surface area contributed by atoms with E-state index < -0.39 is 36.1 Å². The Kier molecular flexibility index (Phi) is 9.53. The molecule has 0 spiro atoms. The predicted molar refractivity (Wildman–Crippen MR) is 143 cm³/mol. The summed E-state index contributed by atoms with van der Waals surface area (Å²) in [6.07, 6.45) is -2.67. The lowest BCUT2D eigenvalue weighted by Crippen LogP contribution is -2.32. The molecule has 3 aromatic carbocycles. The molecule has 0 heterocycles. The van der Waals surface area contributed by atoms with Crippen LogP contribution < -0.4 is 30.6 Å². The molecule has 0 unspecified atom stereocenters. The third kappa shape index (κ3) is 7.39. The molecule has 10 nitrogen and oxygen atoms in total. The summed E-state index contributed by atoms with van der Waals surface area (Å²) in [5.74, 6) is -0.453. The molecule has 0 aliphatic heterocycles. The zero-order valence-electron chi connectivity index (χ0n) is 21.6. The van der Waals surface area contributed by atoms with Crippen molar-refractivity contribution in [3.8, 4) is 17.2 Å². The number of hydrogen-bond donors (Lipinski definition) is 3. The molecular weight excluding hydrogens is 490 g/mol. The van der Waals surface area contributed by atoms with Crippen molar-refractivity contribution < 1.29 is 33.3 Å². The fraction of sp³-hybridized carbons (Fsp3) is 0.250. The van der Waals surface area contributed by atoms with E-state index in [1.54, 1.807) is 93.6 Å². The van der Waals surface area contributed by atoms with Crippen LogP contribution in [-0.2, 0) is 19.1 Å². The van der Waals surface area contributed by atoms with Crippen molar-refractivity contribution in [3.63, 3.8) is 0 Å². The van der Waals surface area contributed by atoms with Gasteiger partial charge in [0.25, 0.3) is 11.8 Å². The van der Waals surface area contributed by atoms with Gasteiger partial charge in [0.1, 0.15) is 17.2 Å². The highest BCUT2D eigenvalue weighted by Gasteiger charge is 2.22. The van der Waals surface area contributed by atoms with Crippen LogP contribution in [0.4, 0.5) is 17.1 Å². The highest BCUT2D eigenvalue weighted by atomic mass is 16.6. The van der Waals surface area contributed by atoms with E-state index in [0.29, 0.717) is 34.3 Å². The summed E-state index contributed by atoms with van der Waals surface area (Å²) in [5.41, 5.74) is 7.04. The molecule has 0 radical (unpaired) electrons. The molecule has 0 saturated carbocycles. The van der Waals surface area contributed by atoms with Gasteiger partial charge in [-0.2, -0.15) is 0 Å². The van der Waals surface area contributed by atoms with Gasteiger partial charge in [-0.25, -0.2) is 4.79 Å². The Labute approximate surface area is 221 Å². The number of methoxy groups -OCH3 is 1. The molecule has 0 bridgehead atoms. The highest BCUT2D eigenvalue weighted by Crippen LogP contribution is 2.28. The number of anilines is 3. The number of nitrogens with one attached hydrogen (secondary N) is 2. The summed E-state index contributed by atoms with van der Waals surface area (Å²) in [5, 5.41) is 5.51. The van der Waals surface area contributed by atoms with Crippen LogP contribution in [0.3, 0.4) is 0 Å². The minimum Gasteiger partial charge on any atom is -0.479 e. The Morgan fingerprint density at radius 3 is 1.50 bits per heavy atom.